The van der Waals surface area contributed by atoms with Gasteiger partial charge in [0, 0.05) is 43.7 Å². The van der Waals surface area contributed by atoms with Crippen molar-refractivity contribution in [3.8, 4) is 0 Å². The van der Waals surface area contributed by atoms with Crippen molar-refractivity contribution in [2.45, 2.75) is 39.0 Å². The summed E-state index contributed by atoms with van der Waals surface area (Å²) in [7, 11) is 1.87. The molecule has 5 heteroatoms. The zero-order chi connectivity index (χ0) is 13.7. The van der Waals surface area contributed by atoms with Crippen LogP contribution in [0.3, 0.4) is 0 Å². The average Bonchev–Trinajstić information content (AvgIpc) is 2.87. The Morgan fingerprint density at radius 1 is 1.47 bits per heavy atom. The normalized spacial score (nSPS) is 18.5. The van der Waals surface area contributed by atoms with E-state index in [2.05, 4.69) is 32.5 Å². The number of aliphatic imine (C=N–C) groups is 1. The minimum Gasteiger partial charge on any atom is -0.356 e. The standard InChI is InChI=1S/C14H24N4S/c1-11(13-17-12(2)10-19-13)9-16-14(15-3)18-7-5-4-6-8-18/h10-11H,4-9H2,1-3H3,(H,15,16). The van der Waals surface area contributed by atoms with Crippen LogP contribution in [-0.2, 0) is 0 Å². The summed E-state index contributed by atoms with van der Waals surface area (Å²) in [5.74, 6) is 1.47. The van der Waals surface area contributed by atoms with Crippen molar-refractivity contribution in [2.75, 3.05) is 26.7 Å². The highest BCUT2D eigenvalue weighted by molar-refractivity contribution is 7.09. The molecule has 1 saturated heterocycles. The third-order valence-corrected chi connectivity index (χ3v) is 4.69. The van der Waals surface area contributed by atoms with Gasteiger partial charge < -0.3 is 10.2 Å². The number of rotatable bonds is 3. The number of nitrogens with one attached hydrogen (secondary N) is 1. The number of thiazole rings is 1. The first-order valence-electron chi connectivity index (χ1n) is 7.08. The van der Waals surface area contributed by atoms with Crippen LogP contribution in [0.25, 0.3) is 0 Å². The Kier molecular flexibility index (Phi) is 5.19. The number of aryl methyl sites for hydroxylation is 1. The predicted octanol–water partition coefficient (Wildman–Crippen LogP) is 2.62. The number of hydrogen-bond acceptors (Lipinski definition) is 3. The van der Waals surface area contributed by atoms with Crippen molar-refractivity contribution < 1.29 is 0 Å². The fourth-order valence-corrected chi connectivity index (χ4v) is 3.22. The summed E-state index contributed by atoms with van der Waals surface area (Å²) in [5, 5.41) is 6.81. The molecule has 2 rings (SSSR count). The first-order valence-corrected chi connectivity index (χ1v) is 7.96. The number of guanidine groups is 1. The summed E-state index contributed by atoms with van der Waals surface area (Å²) < 4.78 is 0. The van der Waals surface area contributed by atoms with Gasteiger partial charge >= 0.3 is 0 Å². The molecule has 106 valence electrons. The molecule has 1 unspecified atom stereocenters. The maximum atomic E-state index is 4.55. The number of aromatic nitrogens is 1. The second-order valence-electron chi connectivity index (χ2n) is 5.20. The van der Waals surface area contributed by atoms with Crippen LogP contribution >= 0.6 is 11.3 Å². The van der Waals surface area contributed by atoms with Crippen LogP contribution in [0.2, 0.25) is 0 Å². The summed E-state index contributed by atoms with van der Waals surface area (Å²) in [6.07, 6.45) is 3.91. The second-order valence-corrected chi connectivity index (χ2v) is 6.09. The highest BCUT2D eigenvalue weighted by Crippen LogP contribution is 2.19. The Morgan fingerprint density at radius 2 is 2.21 bits per heavy atom. The van der Waals surface area contributed by atoms with E-state index in [1.807, 2.05) is 14.0 Å². The molecule has 0 amide bonds. The van der Waals surface area contributed by atoms with Crippen molar-refractivity contribution in [3.63, 3.8) is 0 Å². The largest absolute Gasteiger partial charge is 0.356 e. The molecule has 1 aliphatic heterocycles. The van der Waals surface area contributed by atoms with Crippen LogP contribution in [0, 0.1) is 6.92 Å². The van der Waals surface area contributed by atoms with Gasteiger partial charge in [-0.25, -0.2) is 4.98 Å². The van der Waals surface area contributed by atoms with Crippen molar-refractivity contribution in [3.05, 3.63) is 16.1 Å². The second kappa shape index (κ2) is 6.89. The topological polar surface area (TPSA) is 40.5 Å². The molecule has 2 heterocycles. The van der Waals surface area contributed by atoms with Gasteiger partial charge in [-0.05, 0) is 26.2 Å². The maximum Gasteiger partial charge on any atom is 0.193 e. The highest BCUT2D eigenvalue weighted by Gasteiger charge is 2.16. The van der Waals surface area contributed by atoms with Gasteiger partial charge in [-0.2, -0.15) is 0 Å². The monoisotopic (exact) mass is 280 g/mol. The van der Waals surface area contributed by atoms with E-state index in [-0.39, 0.29) is 0 Å². The number of hydrogen-bond donors (Lipinski definition) is 1. The Balaban J connectivity index is 1.85. The molecule has 1 N–H and O–H groups in total. The lowest BCUT2D eigenvalue weighted by molar-refractivity contribution is 0.331. The highest BCUT2D eigenvalue weighted by atomic mass is 32.1. The Morgan fingerprint density at radius 3 is 2.79 bits per heavy atom. The van der Waals surface area contributed by atoms with Crippen molar-refractivity contribution in [2.24, 2.45) is 4.99 Å². The van der Waals surface area contributed by atoms with Crippen LogP contribution in [0.5, 0.6) is 0 Å². The van der Waals surface area contributed by atoms with Crippen LogP contribution in [0.4, 0.5) is 0 Å². The zero-order valence-corrected chi connectivity index (χ0v) is 13.0. The van der Waals surface area contributed by atoms with E-state index in [9.17, 15) is 0 Å². The minimum absolute atomic E-state index is 0.431. The molecule has 0 aliphatic carbocycles. The quantitative estimate of drug-likeness (QED) is 0.683. The Hall–Kier alpha value is -1.10. The molecule has 1 fully saturated rings. The van der Waals surface area contributed by atoms with Gasteiger partial charge in [-0.3, -0.25) is 4.99 Å². The minimum atomic E-state index is 0.431. The van der Waals surface area contributed by atoms with Crippen molar-refractivity contribution in [1.29, 1.82) is 0 Å². The van der Waals surface area contributed by atoms with Gasteiger partial charge in [0.15, 0.2) is 5.96 Å². The van der Waals surface area contributed by atoms with Crippen LogP contribution in [0.15, 0.2) is 10.4 Å². The molecule has 1 atom stereocenters. The van der Waals surface area contributed by atoms with Crippen LogP contribution in [-0.4, -0.2) is 42.5 Å². The smallest absolute Gasteiger partial charge is 0.193 e. The van der Waals surface area contributed by atoms with Gasteiger partial charge in [-0.1, -0.05) is 6.92 Å². The van der Waals surface area contributed by atoms with E-state index in [0.29, 0.717) is 5.92 Å². The maximum absolute atomic E-state index is 4.55. The molecule has 0 spiro atoms. The summed E-state index contributed by atoms with van der Waals surface area (Å²) in [6, 6.07) is 0. The van der Waals surface area contributed by atoms with E-state index < -0.39 is 0 Å². The zero-order valence-electron chi connectivity index (χ0n) is 12.1. The fraction of sp³-hybridized carbons (Fsp3) is 0.714. The lowest BCUT2D eigenvalue weighted by Crippen LogP contribution is -2.45. The van der Waals surface area contributed by atoms with Crippen LogP contribution < -0.4 is 5.32 Å². The molecule has 19 heavy (non-hydrogen) atoms. The third-order valence-electron chi connectivity index (χ3n) is 3.49. The van der Waals surface area contributed by atoms with Crippen molar-refractivity contribution in [1.82, 2.24) is 15.2 Å². The molecule has 0 radical (unpaired) electrons. The molecule has 0 saturated carbocycles. The first kappa shape index (κ1) is 14.3. The molecule has 4 nitrogen and oxygen atoms in total. The molecule has 1 aliphatic rings. The lowest BCUT2D eigenvalue weighted by Gasteiger charge is -2.30. The SMILES string of the molecule is CN=C(NCC(C)c1nc(C)cs1)N1CCCCC1. The van der Waals surface area contributed by atoms with Gasteiger partial charge in [0.05, 0.1) is 5.01 Å². The summed E-state index contributed by atoms with van der Waals surface area (Å²) in [6.45, 7) is 7.42. The average molecular weight is 280 g/mol. The van der Waals surface area contributed by atoms with Gasteiger partial charge in [-0.15, -0.1) is 11.3 Å². The molecule has 0 aromatic carbocycles. The summed E-state index contributed by atoms with van der Waals surface area (Å²) >= 11 is 1.75. The van der Waals surface area contributed by atoms with E-state index >= 15 is 0 Å². The molecular formula is C14H24N4S. The van der Waals surface area contributed by atoms with Gasteiger partial charge in [0.2, 0.25) is 0 Å². The van der Waals surface area contributed by atoms with E-state index in [1.54, 1.807) is 11.3 Å². The van der Waals surface area contributed by atoms with Gasteiger partial charge in [0.1, 0.15) is 0 Å². The Labute approximate surface area is 120 Å². The predicted molar refractivity (Wildman–Crippen MR) is 82.1 cm³/mol. The summed E-state index contributed by atoms with van der Waals surface area (Å²) in [4.78, 5) is 11.3. The number of piperidine rings is 1. The fourth-order valence-electron chi connectivity index (χ4n) is 2.37. The number of likely N-dealkylation sites (tertiary alicyclic amines) is 1. The third kappa shape index (κ3) is 3.93. The number of nitrogens with zero attached hydrogens (tertiary/aromatic N) is 3. The van der Waals surface area contributed by atoms with Gasteiger partial charge in [0.25, 0.3) is 0 Å². The molecule has 1 aromatic heterocycles. The molecular weight excluding hydrogens is 256 g/mol. The van der Waals surface area contributed by atoms with Crippen molar-refractivity contribution >= 4 is 17.3 Å². The van der Waals surface area contributed by atoms with E-state index in [1.165, 1.54) is 24.3 Å². The molecule has 0 bridgehead atoms. The Bertz CT molecular complexity index is 421. The summed E-state index contributed by atoms with van der Waals surface area (Å²) in [5.41, 5.74) is 1.12. The first-order chi connectivity index (χ1) is 9.20. The van der Waals surface area contributed by atoms with Crippen LogP contribution in [0.1, 0.15) is 42.8 Å². The van der Waals surface area contributed by atoms with E-state index in [4.69, 9.17) is 0 Å². The molecule has 1 aromatic rings. The van der Waals surface area contributed by atoms with E-state index in [0.717, 1.165) is 31.3 Å². The lowest BCUT2D eigenvalue weighted by atomic mass is 10.1.